The van der Waals surface area contributed by atoms with E-state index in [9.17, 15) is 0 Å². The van der Waals surface area contributed by atoms with Crippen LogP contribution < -0.4 is 4.74 Å². The van der Waals surface area contributed by atoms with Crippen molar-refractivity contribution < 1.29 is 4.74 Å². The van der Waals surface area contributed by atoms with E-state index in [0.29, 0.717) is 5.88 Å². The molecule has 0 N–H and O–H groups in total. The number of ether oxygens (including phenoxy) is 1. The molecule has 0 aliphatic rings. The molecule has 0 saturated heterocycles. The summed E-state index contributed by atoms with van der Waals surface area (Å²) in [5.74, 6) is 1.65. The fourth-order valence-electron chi connectivity index (χ4n) is 2.05. The highest BCUT2D eigenvalue weighted by Gasteiger charge is 2.12. The van der Waals surface area contributed by atoms with Crippen LogP contribution >= 0.6 is 11.6 Å². The lowest BCUT2D eigenvalue weighted by Crippen LogP contribution is -2.21. The van der Waals surface area contributed by atoms with E-state index in [1.54, 1.807) is 7.11 Å². The van der Waals surface area contributed by atoms with Crippen LogP contribution in [0.1, 0.15) is 22.3 Å². The van der Waals surface area contributed by atoms with E-state index in [0.717, 1.165) is 18.8 Å². The fraction of sp³-hybridized carbons (Fsp3) is 0.571. The zero-order valence-corrected chi connectivity index (χ0v) is 12.2. The first-order valence-electron chi connectivity index (χ1n) is 5.89. The lowest BCUT2D eigenvalue weighted by Gasteiger charge is -2.21. The summed E-state index contributed by atoms with van der Waals surface area (Å²) in [7, 11) is 3.82. The molecule has 0 saturated carbocycles. The molecule has 1 aromatic carbocycles. The Morgan fingerprint density at radius 2 is 1.88 bits per heavy atom. The normalized spacial score (nSPS) is 11.0. The van der Waals surface area contributed by atoms with Crippen LogP contribution in [0.25, 0.3) is 0 Å². The monoisotopic (exact) mass is 255 g/mol. The molecule has 3 heteroatoms. The van der Waals surface area contributed by atoms with E-state index in [2.05, 4.69) is 38.8 Å². The van der Waals surface area contributed by atoms with Crippen LogP contribution in [0.2, 0.25) is 0 Å². The standard InChI is InChI=1S/C14H22ClNO/c1-10-8-14(17-5)12(3)11(2)13(10)9-16(4)7-6-15/h8H,6-7,9H2,1-5H3. The second-order valence-corrected chi connectivity index (χ2v) is 4.93. The zero-order valence-electron chi connectivity index (χ0n) is 11.4. The Bertz CT molecular complexity index is 390. The number of aryl methyl sites for hydroxylation is 1. The Labute approximate surface area is 110 Å². The van der Waals surface area contributed by atoms with E-state index >= 15 is 0 Å². The second-order valence-electron chi connectivity index (χ2n) is 4.55. The summed E-state index contributed by atoms with van der Waals surface area (Å²) in [6.07, 6.45) is 0. The van der Waals surface area contributed by atoms with E-state index < -0.39 is 0 Å². The van der Waals surface area contributed by atoms with Gasteiger partial charge in [-0.15, -0.1) is 11.6 Å². The minimum Gasteiger partial charge on any atom is -0.496 e. The Morgan fingerprint density at radius 1 is 1.24 bits per heavy atom. The number of methoxy groups -OCH3 is 1. The van der Waals surface area contributed by atoms with E-state index in [1.165, 1.54) is 22.3 Å². The van der Waals surface area contributed by atoms with E-state index in [-0.39, 0.29) is 0 Å². The summed E-state index contributed by atoms with van der Waals surface area (Å²) in [6, 6.07) is 2.12. The molecule has 0 aliphatic heterocycles. The van der Waals surface area contributed by atoms with Crippen LogP contribution in [0.3, 0.4) is 0 Å². The van der Waals surface area contributed by atoms with Crippen molar-refractivity contribution in [3.05, 3.63) is 28.3 Å². The van der Waals surface area contributed by atoms with Crippen molar-refractivity contribution >= 4 is 11.6 Å². The maximum Gasteiger partial charge on any atom is 0.122 e. The summed E-state index contributed by atoms with van der Waals surface area (Å²) in [4.78, 5) is 2.24. The fourth-order valence-corrected chi connectivity index (χ4v) is 2.34. The molecule has 0 aliphatic carbocycles. The molecule has 0 unspecified atom stereocenters. The largest absolute Gasteiger partial charge is 0.496 e. The summed E-state index contributed by atoms with van der Waals surface area (Å²) in [5, 5.41) is 0. The van der Waals surface area contributed by atoms with Gasteiger partial charge < -0.3 is 9.64 Å². The quantitative estimate of drug-likeness (QED) is 0.749. The number of hydrogen-bond donors (Lipinski definition) is 0. The van der Waals surface area contributed by atoms with Gasteiger partial charge in [-0.05, 0) is 56.1 Å². The van der Waals surface area contributed by atoms with Gasteiger partial charge in [0.25, 0.3) is 0 Å². The predicted octanol–water partition coefficient (Wildman–Crippen LogP) is 3.29. The van der Waals surface area contributed by atoms with Crippen LogP contribution in [0, 0.1) is 20.8 Å². The zero-order chi connectivity index (χ0) is 13.0. The van der Waals surface area contributed by atoms with Crippen molar-refractivity contribution in [3.63, 3.8) is 0 Å². The summed E-state index contributed by atoms with van der Waals surface area (Å²) < 4.78 is 5.38. The van der Waals surface area contributed by atoms with Gasteiger partial charge in [-0.3, -0.25) is 0 Å². The molecule has 0 heterocycles. The summed E-state index contributed by atoms with van der Waals surface area (Å²) in [6.45, 7) is 8.26. The van der Waals surface area contributed by atoms with Crippen LogP contribution in [0.4, 0.5) is 0 Å². The Balaban J connectivity index is 3.04. The van der Waals surface area contributed by atoms with Crippen molar-refractivity contribution in [1.82, 2.24) is 4.90 Å². The van der Waals surface area contributed by atoms with Crippen LogP contribution in [-0.2, 0) is 6.54 Å². The van der Waals surface area contributed by atoms with Gasteiger partial charge in [-0.1, -0.05) is 0 Å². The molecule has 0 atom stereocenters. The molecule has 2 nitrogen and oxygen atoms in total. The minimum absolute atomic E-state index is 0.670. The highest BCUT2D eigenvalue weighted by molar-refractivity contribution is 6.18. The topological polar surface area (TPSA) is 12.5 Å². The van der Waals surface area contributed by atoms with Gasteiger partial charge in [-0.2, -0.15) is 0 Å². The Hall–Kier alpha value is -0.730. The number of rotatable bonds is 5. The lowest BCUT2D eigenvalue weighted by atomic mass is 9.97. The van der Waals surface area contributed by atoms with Crippen molar-refractivity contribution in [2.24, 2.45) is 0 Å². The van der Waals surface area contributed by atoms with Crippen molar-refractivity contribution in [2.45, 2.75) is 27.3 Å². The molecular formula is C14H22ClNO. The van der Waals surface area contributed by atoms with Gasteiger partial charge in [0.1, 0.15) is 5.75 Å². The molecule has 1 rings (SSSR count). The Morgan fingerprint density at radius 3 is 2.41 bits per heavy atom. The maximum absolute atomic E-state index is 5.76. The third kappa shape index (κ3) is 3.36. The number of nitrogens with zero attached hydrogens (tertiary/aromatic N) is 1. The van der Waals surface area contributed by atoms with E-state index in [4.69, 9.17) is 16.3 Å². The molecule has 96 valence electrons. The lowest BCUT2D eigenvalue weighted by molar-refractivity contribution is 0.345. The van der Waals surface area contributed by atoms with Crippen LogP contribution in [0.15, 0.2) is 6.07 Å². The van der Waals surface area contributed by atoms with Gasteiger partial charge in [0.05, 0.1) is 7.11 Å². The third-order valence-electron chi connectivity index (χ3n) is 3.32. The van der Waals surface area contributed by atoms with Crippen molar-refractivity contribution in [3.8, 4) is 5.75 Å². The highest BCUT2D eigenvalue weighted by atomic mass is 35.5. The Kier molecular flexibility index (Phi) is 5.29. The minimum atomic E-state index is 0.670. The molecular weight excluding hydrogens is 234 g/mol. The first-order valence-corrected chi connectivity index (χ1v) is 6.42. The average molecular weight is 256 g/mol. The smallest absolute Gasteiger partial charge is 0.122 e. The van der Waals surface area contributed by atoms with E-state index in [1.807, 2.05) is 0 Å². The van der Waals surface area contributed by atoms with Crippen LogP contribution in [0.5, 0.6) is 5.75 Å². The summed E-state index contributed by atoms with van der Waals surface area (Å²) >= 11 is 5.76. The molecule has 0 bridgehead atoms. The summed E-state index contributed by atoms with van der Waals surface area (Å²) in [5.41, 5.74) is 5.22. The van der Waals surface area contributed by atoms with Gasteiger partial charge in [0.15, 0.2) is 0 Å². The molecule has 1 aromatic rings. The van der Waals surface area contributed by atoms with Crippen molar-refractivity contribution in [2.75, 3.05) is 26.6 Å². The van der Waals surface area contributed by atoms with Gasteiger partial charge in [0.2, 0.25) is 0 Å². The number of alkyl halides is 1. The number of hydrogen-bond acceptors (Lipinski definition) is 2. The van der Waals surface area contributed by atoms with Gasteiger partial charge in [-0.25, -0.2) is 0 Å². The van der Waals surface area contributed by atoms with Crippen LogP contribution in [-0.4, -0.2) is 31.5 Å². The average Bonchev–Trinajstić information content (AvgIpc) is 2.29. The molecule has 0 amide bonds. The molecule has 0 fully saturated rings. The van der Waals surface area contributed by atoms with Crippen molar-refractivity contribution in [1.29, 1.82) is 0 Å². The SMILES string of the molecule is COc1cc(C)c(CN(C)CCCl)c(C)c1C. The maximum atomic E-state index is 5.76. The first-order chi connectivity index (χ1) is 8.01. The molecule has 0 spiro atoms. The van der Waals surface area contributed by atoms with Gasteiger partial charge >= 0.3 is 0 Å². The molecule has 0 radical (unpaired) electrons. The number of halogens is 1. The third-order valence-corrected chi connectivity index (χ3v) is 3.49. The highest BCUT2D eigenvalue weighted by Crippen LogP contribution is 2.28. The molecule has 17 heavy (non-hydrogen) atoms. The predicted molar refractivity (Wildman–Crippen MR) is 74.3 cm³/mol. The first kappa shape index (κ1) is 14.3. The second kappa shape index (κ2) is 6.27. The molecule has 0 aromatic heterocycles. The van der Waals surface area contributed by atoms with Gasteiger partial charge in [0, 0.05) is 19.0 Å². The number of benzene rings is 1.